The summed E-state index contributed by atoms with van der Waals surface area (Å²) in [5, 5.41) is 0. The van der Waals surface area contributed by atoms with Crippen molar-refractivity contribution < 1.29 is 9.13 Å². The van der Waals surface area contributed by atoms with Crippen molar-refractivity contribution in [2.24, 2.45) is 0 Å². The van der Waals surface area contributed by atoms with Crippen LogP contribution in [0.5, 0.6) is 5.75 Å². The molecule has 0 aliphatic carbocycles. The van der Waals surface area contributed by atoms with Crippen LogP contribution in [0, 0.1) is 19.7 Å². The largest absolute Gasteiger partial charge is 0.494 e. The highest BCUT2D eigenvalue weighted by atomic mass is 19.1. The van der Waals surface area contributed by atoms with Gasteiger partial charge in [0.2, 0.25) is 0 Å². The number of rotatable bonds is 3. The summed E-state index contributed by atoms with van der Waals surface area (Å²) in [5.74, 6) is 1.09. The summed E-state index contributed by atoms with van der Waals surface area (Å²) in [6.07, 6.45) is 0. The molecule has 0 saturated heterocycles. The van der Waals surface area contributed by atoms with E-state index in [0.717, 1.165) is 43.3 Å². The Balaban J connectivity index is 1.74. The van der Waals surface area contributed by atoms with Gasteiger partial charge in [0.1, 0.15) is 5.82 Å². The van der Waals surface area contributed by atoms with Gasteiger partial charge in [-0.15, -0.1) is 0 Å². The van der Waals surface area contributed by atoms with Gasteiger partial charge in [-0.2, -0.15) is 0 Å². The van der Waals surface area contributed by atoms with Gasteiger partial charge in [0.15, 0.2) is 11.6 Å². The molecule has 0 N–H and O–H groups in total. The van der Waals surface area contributed by atoms with Crippen LogP contribution >= 0.6 is 0 Å². The number of aryl methyl sites for hydroxylation is 1. The molecule has 0 amide bonds. The lowest BCUT2D eigenvalue weighted by Gasteiger charge is -2.28. The van der Waals surface area contributed by atoms with Crippen LogP contribution in [0.4, 0.5) is 4.39 Å². The molecule has 2 heterocycles. The molecule has 0 saturated carbocycles. The van der Waals surface area contributed by atoms with Crippen molar-refractivity contribution in [3.63, 3.8) is 0 Å². The van der Waals surface area contributed by atoms with Gasteiger partial charge < -0.3 is 9.30 Å². The van der Waals surface area contributed by atoms with Gasteiger partial charge in [0.25, 0.3) is 0 Å². The second-order valence-electron chi connectivity index (χ2n) is 5.53. The summed E-state index contributed by atoms with van der Waals surface area (Å²) in [5.41, 5.74) is 3.31. The van der Waals surface area contributed by atoms with E-state index in [0.29, 0.717) is 5.75 Å². The van der Waals surface area contributed by atoms with Gasteiger partial charge in [-0.25, -0.2) is 9.37 Å². The van der Waals surface area contributed by atoms with E-state index in [2.05, 4.69) is 21.4 Å². The lowest BCUT2D eigenvalue weighted by atomic mass is 10.2. The predicted molar refractivity (Wildman–Crippen MR) is 78.8 cm³/mol. The third-order valence-corrected chi connectivity index (χ3v) is 4.16. The SMILES string of the molecule is COc1ccc(CN2CCn3c(nc(C)c3C)C2)cc1F. The molecule has 0 bridgehead atoms. The molecule has 0 atom stereocenters. The number of imidazole rings is 1. The Hall–Kier alpha value is -1.88. The summed E-state index contributed by atoms with van der Waals surface area (Å²) in [7, 11) is 1.48. The molecule has 0 radical (unpaired) electrons. The monoisotopic (exact) mass is 289 g/mol. The van der Waals surface area contributed by atoms with Crippen molar-refractivity contribution in [1.82, 2.24) is 14.5 Å². The predicted octanol–water partition coefficient (Wildman–Crippen LogP) is 2.66. The van der Waals surface area contributed by atoms with Crippen LogP contribution in [0.2, 0.25) is 0 Å². The molecule has 3 rings (SSSR count). The van der Waals surface area contributed by atoms with E-state index in [1.807, 2.05) is 13.0 Å². The summed E-state index contributed by atoms with van der Waals surface area (Å²) in [6.45, 7) is 7.59. The van der Waals surface area contributed by atoms with Crippen molar-refractivity contribution >= 4 is 0 Å². The third kappa shape index (κ3) is 2.65. The third-order valence-electron chi connectivity index (χ3n) is 4.16. The number of nitrogens with zero attached hydrogens (tertiary/aromatic N) is 3. The van der Waals surface area contributed by atoms with Crippen molar-refractivity contribution in [2.45, 2.75) is 33.5 Å². The molecule has 4 nitrogen and oxygen atoms in total. The number of methoxy groups -OCH3 is 1. The first-order valence-corrected chi connectivity index (χ1v) is 7.16. The molecule has 1 aliphatic heterocycles. The number of hydrogen-bond acceptors (Lipinski definition) is 3. The van der Waals surface area contributed by atoms with Gasteiger partial charge >= 0.3 is 0 Å². The normalized spacial score (nSPS) is 15.0. The Labute approximate surface area is 124 Å². The molecule has 0 unspecified atom stereocenters. The number of halogens is 1. The molecule has 2 aromatic rings. The minimum atomic E-state index is -0.305. The molecule has 1 aromatic heterocycles. The van der Waals surface area contributed by atoms with Crippen LogP contribution in [-0.4, -0.2) is 28.1 Å². The number of fused-ring (bicyclic) bond motifs is 1. The van der Waals surface area contributed by atoms with Gasteiger partial charge in [-0.1, -0.05) is 6.07 Å². The molecule has 0 fully saturated rings. The first-order valence-electron chi connectivity index (χ1n) is 7.16. The van der Waals surface area contributed by atoms with Crippen LogP contribution in [0.25, 0.3) is 0 Å². The van der Waals surface area contributed by atoms with Gasteiger partial charge in [0.05, 0.1) is 19.3 Å². The van der Waals surface area contributed by atoms with E-state index >= 15 is 0 Å². The Bertz CT molecular complexity index is 666. The van der Waals surface area contributed by atoms with E-state index in [1.165, 1.54) is 12.8 Å². The molecule has 1 aromatic carbocycles. The van der Waals surface area contributed by atoms with Gasteiger partial charge in [-0.05, 0) is 31.5 Å². The topological polar surface area (TPSA) is 30.3 Å². The maximum absolute atomic E-state index is 13.7. The fourth-order valence-electron chi connectivity index (χ4n) is 2.86. The van der Waals surface area contributed by atoms with Crippen molar-refractivity contribution in [3.8, 4) is 5.75 Å². The van der Waals surface area contributed by atoms with Crippen LogP contribution in [0.3, 0.4) is 0 Å². The average Bonchev–Trinajstić information content (AvgIpc) is 2.74. The number of benzene rings is 1. The molecule has 0 spiro atoms. The summed E-state index contributed by atoms with van der Waals surface area (Å²) in [6, 6.07) is 5.15. The fraction of sp³-hybridized carbons (Fsp3) is 0.438. The first-order chi connectivity index (χ1) is 10.1. The highest BCUT2D eigenvalue weighted by molar-refractivity contribution is 5.29. The summed E-state index contributed by atoms with van der Waals surface area (Å²) in [4.78, 5) is 6.91. The summed E-state index contributed by atoms with van der Waals surface area (Å²) < 4.78 is 21.0. The number of aromatic nitrogens is 2. The van der Waals surface area contributed by atoms with E-state index in [1.54, 1.807) is 12.1 Å². The van der Waals surface area contributed by atoms with Crippen molar-refractivity contribution in [2.75, 3.05) is 13.7 Å². The molecule has 21 heavy (non-hydrogen) atoms. The standard InChI is InChI=1S/C16H20FN3O/c1-11-12(2)20-7-6-19(10-16(20)18-11)9-13-4-5-15(21-3)14(17)8-13/h4-5,8H,6-7,9-10H2,1-3H3. The molecule has 5 heteroatoms. The van der Waals surface area contributed by atoms with Crippen LogP contribution in [-0.2, 0) is 19.6 Å². The number of hydrogen-bond donors (Lipinski definition) is 0. The maximum Gasteiger partial charge on any atom is 0.165 e. The average molecular weight is 289 g/mol. The molecule has 1 aliphatic rings. The Morgan fingerprint density at radius 1 is 1.29 bits per heavy atom. The maximum atomic E-state index is 13.7. The summed E-state index contributed by atoms with van der Waals surface area (Å²) >= 11 is 0. The first kappa shape index (κ1) is 14.1. The molecular weight excluding hydrogens is 269 g/mol. The van der Waals surface area contributed by atoms with Crippen molar-refractivity contribution in [1.29, 1.82) is 0 Å². The van der Waals surface area contributed by atoms with E-state index < -0.39 is 0 Å². The zero-order valence-electron chi connectivity index (χ0n) is 12.7. The van der Waals surface area contributed by atoms with Gasteiger partial charge in [-0.3, -0.25) is 4.90 Å². The van der Waals surface area contributed by atoms with Crippen LogP contribution < -0.4 is 4.74 Å². The Kier molecular flexibility index (Phi) is 3.68. The lowest BCUT2D eigenvalue weighted by Crippen LogP contribution is -2.33. The number of ether oxygens (including phenoxy) is 1. The fourth-order valence-corrected chi connectivity index (χ4v) is 2.86. The minimum Gasteiger partial charge on any atom is -0.494 e. The smallest absolute Gasteiger partial charge is 0.165 e. The highest BCUT2D eigenvalue weighted by Gasteiger charge is 2.20. The quantitative estimate of drug-likeness (QED) is 0.870. The van der Waals surface area contributed by atoms with Crippen molar-refractivity contribution in [3.05, 3.63) is 46.8 Å². The van der Waals surface area contributed by atoms with Crippen LogP contribution in [0.1, 0.15) is 22.8 Å². The second-order valence-corrected chi connectivity index (χ2v) is 5.53. The van der Waals surface area contributed by atoms with E-state index in [9.17, 15) is 4.39 Å². The van der Waals surface area contributed by atoms with E-state index in [-0.39, 0.29) is 5.82 Å². The second kappa shape index (κ2) is 5.48. The Morgan fingerprint density at radius 2 is 2.10 bits per heavy atom. The molecule has 112 valence electrons. The highest BCUT2D eigenvalue weighted by Crippen LogP contribution is 2.21. The van der Waals surface area contributed by atoms with Crippen LogP contribution in [0.15, 0.2) is 18.2 Å². The Morgan fingerprint density at radius 3 is 2.81 bits per heavy atom. The zero-order chi connectivity index (χ0) is 15.0. The molecular formula is C16H20FN3O. The lowest BCUT2D eigenvalue weighted by molar-refractivity contribution is 0.207. The zero-order valence-corrected chi connectivity index (χ0v) is 12.7. The van der Waals surface area contributed by atoms with Gasteiger partial charge in [0, 0.05) is 25.3 Å². The minimum absolute atomic E-state index is 0.291. The van der Waals surface area contributed by atoms with E-state index in [4.69, 9.17) is 4.74 Å².